The van der Waals surface area contributed by atoms with Gasteiger partial charge in [0.25, 0.3) is 0 Å². The first-order valence-electron chi connectivity index (χ1n) is 7.34. The SMILES string of the molecule is CCOC1CC(N)(C(=O)Nc2ccc(C(N)=O)cc2)C1(C)C. The molecule has 1 aromatic rings. The third kappa shape index (κ3) is 2.60. The number of hydrogen-bond acceptors (Lipinski definition) is 4. The van der Waals surface area contributed by atoms with Gasteiger partial charge in [-0.1, -0.05) is 13.8 Å². The third-order valence-electron chi connectivity index (χ3n) is 4.66. The zero-order valence-electron chi connectivity index (χ0n) is 13.2. The van der Waals surface area contributed by atoms with Gasteiger partial charge in [-0.15, -0.1) is 0 Å². The molecule has 0 radical (unpaired) electrons. The largest absolute Gasteiger partial charge is 0.378 e. The Morgan fingerprint density at radius 1 is 1.32 bits per heavy atom. The maximum Gasteiger partial charge on any atom is 0.248 e. The number of hydrogen-bond donors (Lipinski definition) is 3. The second-order valence-electron chi connectivity index (χ2n) is 6.24. The molecule has 22 heavy (non-hydrogen) atoms. The summed E-state index contributed by atoms with van der Waals surface area (Å²) in [4.78, 5) is 23.6. The molecule has 0 spiro atoms. The van der Waals surface area contributed by atoms with Gasteiger partial charge in [0.15, 0.2) is 0 Å². The van der Waals surface area contributed by atoms with Crippen molar-refractivity contribution in [3.8, 4) is 0 Å². The van der Waals surface area contributed by atoms with Crippen molar-refractivity contribution in [3.63, 3.8) is 0 Å². The molecule has 1 aliphatic carbocycles. The lowest BCUT2D eigenvalue weighted by atomic mass is 9.54. The number of anilines is 1. The van der Waals surface area contributed by atoms with E-state index in [2.05, 4.69) is 5.32 Å². The van der Waals surface area contributed by atoms with Crippen LogP contribution in [-0.4, -0.2) is 30.1 Å². The van der Waals surface area contributed by atoms with Crippen LogP contribution in [0.3, 0.4) is 0 Å². The lowest BCUT2D eigenvalue weighted by Gasteiger charge is -2.57. The Kier molecular flexibility index (Phi) is 4.26. The van der Waals surface area contributed by atoms with Crippen molar-refractivity contribution in [1.82, 2.24) is 0 Å². The Hall–Kier alpha value is -1.92. The van der Waals surface area contributed by atoms with Crippen LogP contribution in [0.15, 0.2) is 24.3 Å². The first-order chi connectivity index (χ1) is 10.2. The highest BCUT2D eigenvalue weighted by Gasteiger charge is 2.62. The lowest BCUT2D eigenvalue weighted by Crippen LogP contribution is -2.74. The zero-order chi connectivity index (χ0) is 16.5. The first-order valence-corrected chi connectivity index (χ1v) is 7.34. The molecule has 2 amide bonds. The molecule has 0 heterocycles. The number of carbonyl (C=O) groups is 2. The van der Waals surface area contributed by atoms with Gasteiger partial charge in [-0.05, 0) is 31.2 Å². The second-order valence-corrected chi connectivity index (χ2v) is 6.24. The van der Waals surface area contributed by atoms with E-state index in [1.807, 2.05) is 20.8 Å². The molecule has 0 aromatic heterocycles. The van der Waals surface area contributed by atoms with E-state index in [0.29, 0.717) is 24.3 Å². The molecular formula is C16H23N3O3. The van der Waals surface area contributed by atoms with E-state index in [9.17, 15) is 9.59 Å². The second kappa shape index (κ2) is 5.70. The van der Waals surface area contributed by atoms with Crippen molar-refractivity contribution < 1.29 is 14.3 Å². The maximum absolute atomic E-state index is 12.5. The number of ether oxygens (including phenoxy) is 1. The van der Waals surface area contributed by atoms with Crippen LogP contribution in [0.25, 0.3) is 0 Å². The Labute approximate surface area is 130 Å². The summed E-state index contributed by atoms with van der Waals surface area (Å²) >= 11 is 0. The molecule has 0 aliphatic heterocycles. The fourth-order valence-corrected chi connectivity index (χ4v) is 2.78. The number of amides is 2. The molecule has 5 N–H and O–H groups in total. The summed E-state index contributed by atoms with van der Waals surface area (Å²) in [6, 6.07) is 6.40. The van der Waals surface area contributed by atoms with Gasteiger partial charge in [0.2, 0.25) is 11.8 Å². The predicted molar refractivity (Wildman–Crippen MR) is 84.3 cm³/mol. The summed E-state index contributed by atoms with van der Waals surface area (Å²) in [5, 5.41) is 2.80. The molecule has 2 unspecified atom stereocenters. The minimum Gasteiger partial charge on any atom is -0.378 e. The number of carbonyl (C=O) groups excluding carboxylic acids is 2. The highest BCUT2D eigenvalue weighted by molar-refractivity contribution is 6.00. The summed E-state index contributed by atoms with van der Waals surface area (Å²) in [5.41, 5.74) is 11.0. The quantitative estimate of drug-likeness (QED) is 0.761. The minimum absolute atomic E-state index is 0.0227. The summed E-state index contributed by atoms with van der Waals surface area (Å²) in [7, 11) is 0. The highest BCUT2D eigenvalue weighted by Crippen LogP contribution is 2.50. The minimum atomic E-state index is -0.977. The van der Waals surface area contributed by atoms with Crippen molar-refractivity contribution in [1.29, 1.82) is 0 Å². The molecule has 6 heteroatoms. The van der Waals surface area contributed by atoms with Crippen molar-refractivity contribution in [2.24, 2.45) is 16.9 Å². The van der Waals surface area contributed by atoms with E-state index < -0.39 is 16.9 Å². The molecule has 120 valence electrons. The molecular weight excluding hydrogens is 282 g/mol. The standard InChI is InChI=1S/C16H23N3O3/c1-4-22-12-9-16(18,15(12,2)3)14(21)19-11-7-5-10(6-8-11)13(17)20/h5-8,12H,4,9,18H2,1-3H3,(H2,17,20)(H,19,21). The van der Waals surface area contributed by atoms with Gasteiger partial charge in [0.1, 0.15) is 5.54 Å². The van der Waals surface area contributed by atoms with Crippen molar-refractivity contribution in [3.05, 3.63) is 29.8 Å². The van der Waals surface area contributed by atoms with Crippen LogP contribution in [0.5, 0.6) is 0 Å². The molecule has 1 aromatic carbocycles. The third-order valence-corrected chi connectivity index (χ3v) is 4.66. The predicted octanol–water partition coefficient (Wildman–Crippen LogP) is 1.26. The van der Waals surface area contributed by atoms with Gasteiger partial charge in [-0.25, -0.2) is 0 Å². The van der Waals surface area contributed by atoms with E-state index in [-0.39, 0.29) is 12.0 Å². The summed E-state index contributed by atoms with van der Waals surface area (Å²) < 4.78 is 5.62. The molecule has 0 bridgehead atoms. The van der Waals surface area contributed by atoms with Crippen LogP contribution >= 0.6 is 0 Å². The summed E-state index contributed by atoms with van der Waals surface area (Å²) in [6.45, 7) is 6.40. The van der Waals surface area contributed by atoms with E-state index in [0.717, 1.165) is 0 Å². The van der Waals surface area contributed by atoms with E-state index >= 15 is 0 Å². The molecule has 2 rings (SSSR count). The smallest absolute Gasteiger partial charge is 0.248 e. The van der Waals surface area contributed by atoms with E-state index in [1.165, 1.54) is 0 Å². The Morgan fingerprint density at radius 3 is 2.36 bits per heavy atom. The van der Waals surface area contributed by atoms with Gasteiger partial charge < -0.3 is 21.5 Å². The summed E-state index contributed by atoms with van der Waals surface area (Å²) in [6.07, 6.45) is 0.462. The average molecular weight is 305 g/mol. The number of nitrogens with two attached hydrogens (primary N) is 2. The molecule has 1 saturated carbocycles. The molecule has 1 aliphatic rings. The van der Waals surface area contributed by atoms with Crippen molar-refractivity contribution in [2.45, 2.75) is 38.8 Å². The Balaban J connectivity index is 2.08. The number of benzene rings is 1. The topological polar surface area (TPSA) is 107 Å². The van der Waals surface area contributed by atoms with Crippen LogP contribution in [0.2, 0.25) is 0 Å². The number of primary amides is 1. The molecule has 1 fully saturated rings. The Bertz CT molecular complexity index is 583. The van der Waals surface area contributed by atoms with Gasteiger partial charge in [0, 0.05) is 29.7 Å². The fourth-order valence-electron chi connectivity index (χ4n) is 2.78. The number of rotatable bonds is 5. The maximum atomic E-state index is 12.5. The van der Waals surface area contributed by atoms with Gasteiger partial charge in [-0.3, -0.25) is 9.59 Å². The monoisotopic (exact) mass is 305 g/mol. The van der Waals surface area contributed by atoms with Crippen LogP contribution in [0.4, 0.5) is 5.69 Å². The lowest BCUT2D eigenvalue weighted by molar-refractivity contribution is -0.166. The fraction of sp³-hybridized carbons (Fsp3) is 0.500. The van der Waals surface area contributed by atoms with Gasteiger partial charge in [0.05, 0.1) is 6.10 Å². The molecule has 0 saturated heterocycles. The van der Waals surface area contributed by atoms with E-state index in [1.54, 1.807) is 24.3 Å². The average Bonchev–Trinajstić information content (AvgIpc) is 2.47. The van der Waals surface area contributed by atoms with Gasteiger partial charge >= 0.3 is 0 Å². The van der Waals surface area contributed by atoms with Crippen LogP contribution < -0.4 is 16.8 Å². The van der Waals surface area contributed by atoms with Crippen LogP contribution in [0.1, 0.15) is 37.6 Å². The van der Waals surface area contributed by atoms with E-state index in [4.69, 9.17) is 16.2 Å². The summed E-state index contributed by atoms with van der Waals surface area (Å²) in [5.74, 6) is -0.756. The van der Waals surface area contributed by atoms with Crippen LogP contribution in [0, 0.1) is 5.41 Å². The Morgan fingerprint density at radius 2 is 1.91 bits per heavy atom. The molecule has 6 nitrogen and oxygen atoms in total. The highest BCUT2D eigenvalue weighted by atomic mass is 16.5. The van der Waals surface area contributed by atoms with Gasteiger partial charge in [-0.2, -0.15) is 0 Å². The molecule has 2 atom stereocenters. The first kappa shape index (κ1) is 16.5. The number of nitrogens with one attached hydrogen (secondary N) is 1. The normalized spacial score (nSPS) is 26.1. The van der Waals surface area contributed by atoms with Crippen molar-refractivity contribution in [2.75, 3.05) is 11.9 Å². The van der Waals surface area contributed by atoms with Crippen LogP contribution in [-0.2, 0) is 9.53 Å². The van der Waals surface area contributed by atoms with Crippen molar-refractivity contribution >= 4 is 17.5 Å². The zero-order valence-corrected chi connectivity index (χ0v) is 13.2.